The molecule has 0 saturated carbocycles. The Morgan fingerprint density at radius 3 is 2.45 bits per heavy atom. The number of aromatic carboxylic acids is 1. The molecule has 1 aromatic carbocycles. The SMILES string of the molecule is CC(C)CC(C)NC(=O)Nc1cccc(C(=O)O)c1O. The second-order valence-corrected chi connectivity index (χ2v) is 5.14. The number of aromatic hydroxyl groups is 1. The summed E-state index contributed by atoms with van der Waals surface area (Å²) in [5.41, 5.74) is -0.183. The third-order valence-electron chi connectivity index (χ3n) is 2.72. The number of rotatable bonds is 5. The summed E-state index contributed by atoms with van der Waals surface area (Å²) < 4.78 is 0. The van der Waals surface area contributed by atoms with Gasteiger partial charge >= 0.3 is 12.0 Å². The van der Waals surface area contributed by atoms with Crippen molar-refractivity contribution in [3.05, 3.63) is 23.8 Å². The highest BCUT2D eigenvalue weighted by atomic mass is 16.4. The van der Waals surface area contributed by atoms with Gasteiger partial charge in [-0.3, -0.25) is 0 Å². The first-order valence-corrected chi connectivity index (χ1v) is 6.44. The maximum absolute atomic E-state index is 11.8. The Morgan fingerprint density at radius 2 is 1.90 bits per heavy atom. The predicted octanol–water partition coefficient (Wildman–Crippen LogP) is 2.65. The lowest BCUT2D eigenvalue weighted by molar-refractivity contribution is 0.0693. The van der Waals surface area contributed by atoms with E-state index in [1.54, 1.807) is 0 Å². The summed E-state index contributed by atoms with van der Waals surface area (Å²) in [6, 6.07) is 3.67. The van der Waals surface area contributed by atoms with Crippen molar-refractivity contribution >= 4 is 17.7 Å². The second kappa shape index (κ2) is 6.79. The smallest absolute Gasteiger partial charge is 0.339 e. The van der Waals surface area contributed by atoms with E-state index in [0.29, 0.717) is 5.92 Å². The van der Waals surface area contributed by atoms with Gasteiger partial charge in [0.2, 0.25) is 0 Å². The molecule has 0 spiro atoms. The van der Waals surface area contributed by atoms with Crippen LogP contribution >= 0.6 is 0 Å². The standard InChI is InChI=1S/C14H20N2O4/c1-8(2)7-9(3)15-14(20)16-11-6-4-5-10(12(11)17)13(18)19/h4-6,8-9,17H,7H2,1-3H3,(H,18,19)(H2,15,16,20). The molecule has 0 aliphatic rings. The number of para-hydroxylation sites is 1. The lowest BCUT2D eigenvalue weighted by Crippen LogP contribution is -2.36. The molecule has 0 aliphatic carbocycles. The number of amides is 2. The van der Waals surface area contributed by atoms with Crippen molar-refractivity contribution in [2.24, 2.45) is 5.92 Å². The van der Waals surface area contributed by atoms with Gasteiger partial charge in [-0.1, -0.05) is 19.9 Å². The van der Waals surface area contributed by atoms with Crippen LogP contribution in [0.4, 0.5) is 10.5 Å². The Labute approximate surface area is 117 Å². The van der Waals surface area contributed by atoms with Crippen LogP contribution < -0.4 is 10.6 Å². The highest BCUT2D eigenvalue weighted by Gasteiger charge is 2.15. The third-order valence-corrected chi connectivity index (χ3v) is 2.72. The van der Waals surface area contributed by atoms with Crippen molar-refractivity contribution in [2.45, 2.75) is 33.2 Å². The highest BCUT2D eigenvalue weighted by Crippen LogP contribution is 2.27. The van der Waals surface area contributed by atoms with Gasteiger partial charge in [-0.15, -0.1) is 0 Å². The van der Waals surface area contributed by atoms with Gasteiger partial charge in [0.15, 0.2) is 5.75 Å². The Kier molecular flexibility index (Phi) is 5.37. The summed E-state index contributed by atoms with van der Waals surface area (Å²) in [6.45, 7) is 5.99. The van der Waals surface area contributed by atoms with Gasteiger partial charge in [0.25, 0.3) is 0 Å². The molecule has 6 nitrogen and oxygen atoms in total. The number of anilines is 1. The maximum atomic E-state index is 11.8. The van der Waals surface area contributed by atoms with Crippen molar-refractivity contribution < 1.29 is 19.8 Å². The molecule has 2 amide bonds. The summed E-state index contributed by atoms with van der Waals surface area (Å²) in [5.74, 6) is -1.25. The zero-order valence-electron chi connectivity index (χ0n) is 11.8. The molecule has 1 atom stereocenters. The fourth-order valence-electron chi connectivity index (χ4n) is 1.97. The first-order chi connectivity index (χ1) is 9.31. The molecule has 20 heavy (non-hydrogen) atoms. The Morgan fingerprint density at radius 1 is 1.25 bits per heavy atom. The minimum atomic E-state index is -1.25. The van der Waals surface area contributed by atoms with Crippen LogP contribution in [0.3, 0.4) is 0 Å². The first-order valence-electron chi connectivity index (χ1n) is 6.44. The van der Waals surface area contributed by atoms with Gasteiger partial charge in [-0.2, -0.15) is 0 Å². The van der Waals surface area contributed by atoms with Crippen molar-refractivity contribution in [1.29, 1.82) is 0 Å². The van der Waals surface area contributed by atoms with Crippen LogP contribution in [0.25, 0.3) is 0 Å². The molecule has 110 valence electrons. The van der Waals surface area contributed by atoms with E-state index in [1.807, 2.05) is 6.92 Å². The normalized spacial score (nSPS) is 12.0. The molecule has 1 aromatic rings. The van der Waals surface area contributed by atoms with E-state index >= 15 is 0 Å². The van der Waals surface area contributed by atoms with Crippen LogP contribution in [0, 0.1) is 5.92 Å². The highest BCUT2D eigenvalue weighted by molar-refractivity contribution is 5.97. The summed E-state index contributed by atoms with van der Waals surface area (Å²) in [7, 11) is 0. The molecule has 0 aromatic heterocycles. The van der Waals surface area contributed by atoms with E-state index in [1.165, 1.54) is 18.2 Å². The molecule has 0 aliphatic heterocycles. The van der Waals surface area contributed by atoms with E-state index in [0.717, 1.165) is 6.42 Å². The molecule has 0 saturated heterocycles. The van der Waals surface area contributed by atoms with Crippen LogP contribution in [-0.2, 0) is 0 Å². The minimum Gasteiger partial charge on any atom is -0.505 e. The van der Waals surface area contributed by atoms with Crippen LogP contribution in [0.5, 0.6) is 5.75 Å². The maximum Gasteiger partial charge on any atom is 0.339 e. The summed E-state index contributed by atoms with van der Waals surface area (Å²) in [6.07, 6.45) is 0.828. The molecule has 1 rings (SSSR count). The fraction of sp³-hybridized carbons (Fsp3) is 0.429. The number of nitrogens with one attached hydrogen (secondary N) is 2. The number of carboxylic acid groups (broad SMARTS) is 1. The molecule has 0 fully saturated rings. The number of urea groups is 1. The number of carbonyl (C=O) groups excluding carboxylic acids is 1. The Bertz CT molecular complexity index is 500. The van der Waals surface area contributed by atoms with Gasteiger partial charge in [-0.25, -0.2) is 9.59 Å². The van der Waals surface area contributed by atoms with Crippen LogP contribution in [-0.4, -0.2) is 28.3 Å². The summed E-state index contributed by atoms with van der Waals surface area (Å²) >= 11 is 0. The quantitative estimate of drug-likeness (QED) is 0.623. The van der Waals surface area contributed by atoms with Crippen molar-refractivity contribution in [2.75, 3.05) is 5.32 Å². The van der Waals surface area contributed by atoms with E-state index in [4.69, 9.17) is 5.11 Å². The topological polar surface area (TPSA) is 98.7 Å². The zero-order valence-corrected chi connectivity index (χ0v) is 11.8. The van der Waals surface area contributed by atoms with E-state index in [-0.39, 0.29) is 17.3 Å². The number of benzene rings is 1. The predicted molar refractivity (Wildman–Crippen MR) is 76.1 cm³/mol. The largest absolute Gasteiger partial charge is 0.505 e. The summed E-state index contributed by atoms with van der Waals surface area (Å²) in [4.78, 5) is 22.6. The average Bonchev–Trinajstić information content (AvgIpc) is 2.29. The molecular formula is C14H20N2O4. The molecule has 1 unspecified atom stereocenters. The average molecular weight is 280 g/mol. The van der Waals surface area contributed by atoms with Gasteiger partial charge in [0.05, 0.1) is 5.69 Å². The third kappa shape index (κ3) is 4.46. The number of hydrogen-bond donors (Lipinski definition) is 4. The molecule has 0 bridgehead atoms. The van der Waals surface area contributed by atoms with Gasteiger partial charge < -0.3 is 20.8 Å². The lowest BCUT2D eigenvalue weighted by atomic mass is 10.1. The van der Waals surface area contributed by atoms with Crippen LogP contribution in [0.2, 0.25) is 0 Å². The summed E-state index contributed by atoms with van der Waals surface area (Å²) in [5, 5.41) is 23.8. The Balaban J connectivity index is 2.71. The van der Waals surface area contributed by atoms with E-state index in [9.17, 15) is 14.7 Å². The van der Waals surface area contributed by atoms with Crippen LogP contribution in [0.1, 0.15) is 37.6 Å². The Hall–Kier alpha value is -2.24. The minimum absolute atomic E-state index is 0.0141. The van der Waals surface area contributed by atoms with E-state index in [2.05, 4.69) is 24.5 Å². The number of phenols is 1. The van der Waals surface area contributed by atoms with Crippen molar-refractivity contribution in [3.63, 3.8) is 0 Å². The van der Waals surface area contributed by atoms with Gasteiger partial charge in [0, 0.05) is 6.04 Å². The van der Waals surface area contributed by atoms with Crippen LogP contribution in [0.15, 0.2) is 18.2 Å². The second-order valence-electron chi connectivity index (χ2n) is 5.14. The molecular weight excluding hydrogens is 260 g/mol. The molecule has 0 heterocycles. The molecule has 0 radical (unpaired) electrons. The number of carbonyl (C=O) groups is 2. The lowest BCUT2D eigenvalue weighted by Gasteiger charge is -2.17. The fourth-order valence-corrected chi connectivity index (χ4v) is 1.97. The van der Waals surface area contributed by atoms with Gasteiger partial charge in [-0.05, 0) is 31.4 Å². The van der Waals surface area contributed by atoms with Gasteiger partial charge in [0.1, 0.15) is 5.56 Å². The zero-order chi connectivity index (χ0) is 15.3. The molecule has 6 heteroatoms. The van der Waals surface area contributed by atoms with E-state index < -0.39 is 17.7 Å². The monoisotopic (exact) mass is 280 g/mol. The molecule has 4 N–H and O–H groups in total. The van der Waals surface area contributed by atoms with Crippen molar-refractivity contribution in [3.8, 4) is 5.75 Å². The number of carboxylic acids is 1. The van der Waals surface area contributed by atoms with Crippen molar-refractivity contribution in [1.82, 2.24) is 5.32 Å². The first kappa shape index (κ1) is 15.8. The number of hydrogen-bond acceptors (Lipinski definition) is 3.